The van der Waals surface area contributed by atoms with Gasteiger partial charge in [-0.2, -0.15) is 0 Å². The van der Waals surface area contributed by atoms with Gasteiger partial charge in [0, 0.05) is 10.8 Å². The summed E-state index contributed by atoms with van der Waals surface area (Å²) >= 11 is 1.56. The topological polar surface area (TPSA) is 68.0 Å². The average Bonchev–Trinajstić information content (AvgIpc) is 2.61. The summed E-state index contributed by atoms with van der Waals surface area (Å²) in [4.78, 5) is 15.4. The van der Waals surface area contributed by atoms with Crippen LogP contribution in [0.5, 0.6) is 0 Å². The molecular formula is C10H17N3OS. The summed E-state index contributed by atoms with van der Waals surface area (Å²) in [7, 11) is 0. The Balaban J connectivity index is 2.58. The summed E-state index contributed by atoms with van der Waals surface area (Å²) < 4.78 is 0. The fourth-order valence-electron chi connectivity index (χ4n) is 0.983. The lowest BCUT2D eigenvalue weighted by molar-refractivity contribution is -0.119. The number of amides is 1. The summed E-state index contributed by atoms with van der Waals surface area (Å²) in [5, 5.41) is 5.65. The highest BCUT2D eigenvalue weighted by Crippen LogP contribution is 2.23. The van der Waals surface area contributed by atoms with Gasteiger partial charge in [-0.25, -0.2) is 4.98 Å². The van der Waals surface area contributed by atoms with Gasteiger partial charge in [-0.15, -0.1) is 11.3 Å². The zero-order valence-corrected chi connectivity index (χ0v) is 10.1. The van der Waals surface area contributed by atoms with Crippen molar-refractivity contribution in [2.75, 3.05) is 6.54 Å². The van der Waals surface area contributed by atoms with Crippen LogP contribution in [0.25, 0.3) is 0 Å². The molecule has 0 aliphatic rings. The van der Waals surface area contributed by atoms with Crippen molar-refractivity contribution in [1.82, 2.24) is 10.3 Å². The molecule has 4 nitrogen and oxygen atoms in total. The molecule has 0 aromatic carbocycles. The quantitative estimate of drug-likeness (QED) is 0.810. The van der Waals surface area contributed by atoms with Gasteiger partial charge in [0.1, 0.15) is 5.01 Å². The van der Waals surface area contributed by atoms with Crippen molar-refractivity contribution >= 4 is 17.2 Å². The number of hydrogen-bond acceptors (Lipinski definition) is 4. The van der Waals surface area contributed by atoms with Gasteiger partial charge in [-0.1, -0.05) is 20.8 Å². The van der Waals surface area contributed by atoms with Crippen molar-refractivity contribution in [3.8, 4) is 0 Å². The van der Waals surface area contributed by atoms with Gasteiger partial charge in [0.15, 0.2) is 0 Å². The van der Waals surface area contributed by atoms with E-state index in [1.807, 2.05) is 5.38 Å². The van der Waals surface area contributed by atoms with Crippen LogP contribution in [0, 0.1) is 0 Å². The first-order valence-electron chi connectivity index (χ1n) is 4.85. The molecule has 0 radical (unpaired) electrons. The van der Waals surface area contributed by atoms with E-state index in [1.165, 1.54) is 0 Å². The predicted molar refractivity (Wildman–Crippen MR) is 61.7 cm³/mol. The lowest BCUT2D eigenvalue weighted by Gasteiger charge is -2.14. The lowest BCUT2D eigenvalue weighted by atomic mass is 9.93. The largest absolute Gasteiger partial charge is 0.348 e. The molecule has 1 aromatic rings. The van der Waals surface area contributed by atoms with Gasteiger partial charge in [-0.3, -0.25) is 4.79 Å². The van der Waals surface area contributed by atoms with Crippen LogP contribution in [0.1, 0.15) is 31.5 Å². The standard InChI is InChI=1S/C10H17N3OS/c1-10(2,3)7-6-15-9(13-7)5-12-8(14)4-11/h6H,4-5,11H2,1-3H3,(H,12,14). The van der Waals surface area contributed by atoms with Crippen LogP contribution in [0.2, 0.25) is 0 Å². The van der Waals surface area contributed by atoms with Gasteiger partial charge in [0.05, 0.1) is 18.8 Å². The maximum absolute atomic E-state index is 10.9. The molecule has 15 heavy (non-hydrogen) atoms. The molecule has 1 rings (SSSR count). The molecule has 1 heterocycles. The molecule has 0 aliphatic heterocycles. The number of nitrogens with zero attached hydrogens (tertiary/aromatic N) is 1. The molecule has 1 amide bonds. The van der Waals surface area contributed by atoms with Gasteiger partial charge in [0.2, 0.25) is 5.91 Å². The molecule has 84 valence electrons. The Morgan fingerprint density at radius 1 is 1.60 bits per heavy atom. The van der Waals surface area contributed by atoms with E-state index in [1.54, 1.807) is 11.3 Å². The number of nitrogens with one attached hydrogen (secondary N) is 1. The fourth-order valence-corrected chi connectivity index (χ4v) is 1.94. The molecule has 0 unspecified atom stereocenters. The SMILES string of the molecule is CC(C)(C)c1csc(CNC(=O)CN)n1. The van der Waals surface area contributed by atoms with Crippen LogP contribution in [-0.2, 0) is 16.8 Å². The smallest absolute Gasteiger partial charge is 0.234 e. The zero-order valence-electron chi connectivity index (χ0n) is 9.33. The second-order valence-electron chi connectivity index (χ2n) is 4.36. The molecule has 1 aromatic heterocycles. The summed E-state index contributed by atoms with van der Waals surface area (Å²) in [5.74, 6) is -0.150. The van der Waals surface area contributed by atoms with Gasteiger partial charge in [-0.05, 0) is 0 Å². The van der Waals surface area contributed by atoms with E-state index in [9.17, 15) is 4.79 Å². The third-order valence-electron chi connectivity index (χ3n) is 1.94. The molecule has 0 saturated carbocycles. The second kappa shape index (κ2) is 4.72. The summed E-state index contributed by atoms with van der Waals surface area (Å²) in [5.41, 5.74) is 6.30. The highest BCUT2D eigenvalue weighted by atomic mass is 32.1. The molecule has 0 fully saturated rings. The van der Waals surface area contributed by atoms with Crippen molar-refractivity contribution in [3.63, 3.8) is 0 Å². The van der Waals surface area contributed by atoms with E-state index >= 15 is 0 Å². The highest BCUT2D eigenvalue weighted by Gasteiger charge is 2.17. The van der Waals surface area contributed by atoms with E-state index in [0.717, 1.165) is 10.7 Å². The monoisotopic (exact) mass is 227 g/mol. The van der Waals surface area contributed by atoms with E-state index in [-0.39, 0.29) is 17.9 Å². The minimum atomic E-state index is -0.150. The van der Waals surface area contributed by atoms with Crippen molar-refractivity contribution in [2.24, 2.45) is 5.73 Å². The Labute approximate surface area is 93.9 Å². The third kappa shape index (κ3) is 3.60. The molecule has 5 heteroatoms. The average molecular weight is 227 g/mol. The first-order valence-corrected chi connectivity index (χ1v) is 5.73. The van der Waals surface area contributed by atoms with Crippen molar-refractivity contribution in [3.05, 3.63) is 16.1 Å². The van der Waals surface area contributed by atoms with E-state index in [0.29, 0.717) is 6.54 Å². The Bertz CT molecular complexity index is 341. The number of hydrogen-bond donors (Lipinski definition) is 2. The first-order chi connectivity index (χ1) is 6.93. The summed E-state index contributed by atoms with van der Waals surface area (Å²) in [6.07, 6.45) is 0. The molecular weight excluding hydrogens is 210 g/mol. The second-order valence-corrected chi connectivity index (χ2v) is 5.30. The maximum atomic E-state index is 10.9. The molecule has 0 spiro atoms. The fraction of sp³-hybridized carbons (Fsp3) is 0.600. The summed E-state index contributed by atoms with van der Waals surface area (Å²) in [6.45, 7) is 6.84. The van der Waals surface area contributed by atoms with Crippen molar-refractivity contribution < 1.29 is 4.79 Å². The van der Waals surface area contributed by atoms with Crippen molar-refractivity contribution in [2.45, 2.75) is 32.7 Å². The maximum Gasteiger partial charge on any atom is 0.234 e. The first kappa shape index (κ1) is 12.1. The normalized spacial score (nSPS) is 11.5. The molecule has 3 N–H and O–H groups in total. The van der Waals surface area contributed by atoms with Crippen molar-refractivity contribution in [1.29, 1.82) is 0 Å². The Morgan fingerprint density at radius 2 is 2.27 bits per heavy atom. The number of rotatable bonds is 3. The lowest BCUT2D eigenvalue weighted by Crippen LogP contribution is -2.29. The predicted octanol–water partition coefficient (Wildman–Crippen LogP) is 1.02. The van der Waals surface area contributed by atoms with Gasteiger partial charge < -0.3 is 11.1 Å². The van der Waals surface area contributed by atoms with Crippen LogP contribution < -0.4 is 11.1 Å². The van der Waals surface area contributed by atoms with Crippen LogP contribution >= 0.6 is 11.3 Å². The van der Waals surface area contributed by atoms with Gasteiger partial charge in [0.25, 0.3) is 0 Å². The number of carbonyl (C=O) groups is 1. The zero-order chi connectivity index (χ0) is 11.5. The van der Waals surface area contributed by atoms with Crippen LogP contribution in [-0.4, -0.2) is 17.4 Å². The van der Waals surface area contributed by atoms with E-state index in [2.05, 4.69) is 31.1 Å². The molecule has 0 saturated heterocycles. The van der Waals surface area contributed by atoms with Crippen LogP contribution in [0.3, 0.4) is 0 Å². The summed E-state index contributed by atoms with van der Waals surface area (Å²) in [6, 6.07) is 0. The van der Waals surface area contributed by atoms with Crippen LogP contribution in [0.15, 0.2) is 5.38 Å². The number of nitrogens with two attached hydrogens (primary N) is 1. The minimum Gasteiger partial charge on any atom is -0.348 e. The number of carbonyl (C=O) groups excluding carboxylic acids is 1. The molecule has 0 atom stereocenters. The Kier molecular flexibility index (Phi) is 3.82. The number of thiazole rings is 1. The number of aromatic nitrogens is 1. The minimum absolute atomic E-state index is 0.0253. The highest BCUT2D eigenvalue weighted by molar-refractivity contribution is 7.09. The van der Waals surface area contributed by atoms with E-state index in [4.69, 9.17) is 5.73 Å². The Morgan fingerprint density at radius 3 is 2.73 bits per heavy atom. The van der Waals surface area contributed by atoms with E-state index < -0.39 is 0 Å². The van der Waals surface area contributed by atoms with Crippen LogP contribution in [0.4, 0.5) is 0 Å². The van der Waals surface area contributed by atoms with Gasteiger partial charge >= 0.3 is 0 Å². The molecule has 0 aliphatic carbocycles. The Hall–Kier alpha value is -0.940. The molecule has 0 bridgehead atoms. The third-order valence-corrected chi connectivity index (χ3v) is 2.79.